The first-order valence-corrected chi connectivity index (χ1v) is 13.7. The highest BCUT2D eigenvalue weighted by Crippen LogP contribution is 2.33. The van der Waals surface area contributed by atoms with Gasteiger partial charge < -0.3 is 19.7 Å². The number of ether oxygens (including phenoxy) is 2. The molecule has 0 aliphatic heterocycles. The Morgan fingerprint density at radius 1 is 0.872 bits per heavy atom. The zero-order chi connectivity index (χ0) is 28.4. The van der Waals surface area contributed by atoms with Crippen LogP contribution in [-0.2, 0) is 16.0 Å². The summed E-state index contributed by atoms with van der Waals surface area (Å²) in [6.45, 7) is 11.9. The summed E-state index contributed by atoms with van der Waals surface area (Å²) in [4.78, 5) is 11.9. The number of hydrogen-bond acceptors (Lipinski definition) is 5. The topological polar surface area (TPSA) is 76.0 Å². The third-order valence-electron chi connectivity index (χ3n) is 7.28. The van der Waals surface area contributed by atoms with E-state index in [-0.39, 0.29) is 19.8 Å². The molecule has 0 unspecified atom stereocenters. The van der Waals surface area contributed by atoms with Crippen LogP contribution in [0.15, 0.2) is 72.8 Å². The Bertz CT molecular complexity index is 1260. The molecule has 3 aromatic carbocycles. The van der Waals surface area contributed by atoms with Crippen molar-refractivity contribution in [2.24, 2.45) is 5.41 Å². The number of aliphatic hydroxyl groups is 2. The normalized spacial score (nSPS) is 11.3. The molecule has 0 aromatic heterocycles. The maximum atomic E-state index is 11.9. The number of benzene rings is 3. The highest BCUT2D eigenvalue weighted by Gasteiger charge is 2.27. The molecule has 3 rings (SSSR count). The Hall–Kier alpha value is -3.41. The first kappa shape index (κ1) is 30.1. The van der Waals surface area contributed by atoms with Crippen molar-refractivity contribution in [2.45, 2.75) is 53.4 Å². The molecule has 0 bridgehead atoms. The van der Waals surface area contributed by atoms with E-state index in [9.17, 15) is 15.0 Å². The summed E-state index contributed by atoms with van der Waals surface area (Å²) in [7, 11) is 0. The van der Waals surface area contributed by atoms with Gasteiger partial charge in [0.15, 0.2) is 0 Å². The summed E-state index contributed by atoms with van der Waals surface area (Å²) in [6, 6.07) is 21.1. The van der Waals surface area contributed by atoms with Gasteiger partial charge in [-0.2, -0.15) is 0 Å². The van der Waals surface area contributed by atoms with Gasteiger partial charge in [0, 0.05) is 17.4 Å². The molecule has 208 valence electrons. The number of aliphatic hydroxyl groups excluding tert-OH is 2. The predicted molar refractivity (Wildman–Crippen MR) is 158 cm³/mol. The molecule has 0 fully saturated rings. The van der Waals surface area contributed by atoms with Gasteiger partial charge in [0.2, 0.25) is 0 Å². The van der Waals surface area contributed by atoms with E-state index in [0.717, 1.165) is 35.1 Å². The van der Waals surface area contributed by atoms with Crippen molar-refractivity contribution in [3.63, 3.8) is 0 Å². The van der Waals surface area contributed by atoms with E-state index >= 15 is 0 Å². The average Bonchev–Trinajstić information content (AvgIpc) is 2.93. The van der Waals surface area contributed by atoms with Crippen LogP contribution in [0.25, 0.3) is 22.3 Å². The highest BCUT2D eigenvalue weighted by atomic mass is 16.5. The molecule has 39 heavy (non-hydrogen) atoms. The van der Waals surface area contributed by atoms with Crippen LogP contribution in [0.1, 0.15) is 49.8 Å². The molecule has 0 saturated heterocycles. The summed E-state index contributed by atoms with van der Waals surface area (Å²) >= 11 is 0. The third-order valence-corrected chi connectivity index (χ3v) is 7.28. The quantitative estimate of drug-likeness (QED) is 0.176. The Labute approximate surface area is 233 Å². The van der Waals surface area contributed by atoms with Gasteiger partial charge in [0.05, 0.1) is 26.4 Å². The minimum atomic E-state index is -0.553. The molecular formula is C34H42O5. The van der Waals surface area contributed by atoms with Crippen LogP contribution in [-0.4, -0.2) is 42.6 Å². The summed E-state index contributed by atoms with van der Waals surface area (Å²) in [5.74, 6) is 0.298. The van der Waals surface area contributed by atoms with E-state index in [2.05, 4.69) is 69.0 Å². The number of carbonyl (C=O) groups is 1. The Balaban J connectivity index is 1.85. The lowest BCUT2D eigenvalue weighted by atomic mass is 9.82. The first-order chi connectivity index (χ1) is 18.7. The number of esters is 1. The van der Waals surface area contributed by atoms with E-state index in [1.165, 1.54) is 16.7 Å². The minimum Gasteiger partial charge on any atom is -0.493 e. The average molecular weight is 531 g/mol. The summed E-state index contributed by atoms with van der Waals surface area (Å²) < 4.78 is 11.5. The molecule has 0 radical (unpaired) electrons. The predicted octanol–water partition coefficient (Wildman–Crippen LogP) is 6.84. The van der Waals surface area contributed by atoms with Crippen molar-refractivity contribution in [2.75, 3.05) is 26.4 Å². The van der Waals surface area contributed by atoms with Gasteiger partial charge in [-0.1, -0.05) is 74.0 Å². The fourth-order valence-electron chi connectivity index (χ4n) is 4.77. The number of hydrogen-bond donors (Lipinski definition) is 2. The Morgan fingerprint density at radius 3 is 2.15 bits per heavy atom. The Kier molecular flexibility index (Phi) is 10.9. The molecule has 0 heterocycles. The van der Waals surface area contributed by atoms with Crippen LogP contribution in [0.3, 0.4) is 0 Å². The standard InChI is InChI=1S/C34H42O5/c1-6-16-34(22-35,23-36)17-19-38-32-14-12-29(21-30(32)15-18-39-33(37)24(2)3)31-13-11-28(20-26(31)5)27-9-7-25(4)8-10-27/h7-14,20-21,35-36H,2,6,15-19,22-23H2,1,3-5H3. The zero-order valence-electron chi connectivity index (χ0n) is 23.8. The summed E-state index contributed by atoms with van der Waals surface area (Å²) in [6.07, 6.45) is 2.63. The molecule has 5 heteroatoms. The van der Waals surface area contributed by atoms with Crippen molar-refractivity contribution in [3.8, 4) is 28.0 Å². The van der Waals surface area contributed by atoms with E-state index in [1.807, 2.05) is 19.1 Å². The van der Waals surface area contributed by atoms with Crippen molar-refractivity contribution < 1.29 is 24.5 Å². The first-order valence-electron chi connectivity index (χ1n) is 13.7. The lowest BCUT2D eigenvalue weighted by Gasteiger charge is -2.29. The van der Waals surface area contributed by atoms with Gasteiger partial charge in [-0.3, -0.25) is 0 Å². The Morgan fingerprint density at radius 2 is 1.54 bits per heavy atom. The zero-order valence-corrected chi connectivity index (χ0v) is 23.8. The van der Waals surface area contributed by atoms with Gasteiger partial charge in [0.25, 0.3) is 0 Å². The molecule has 0 saturated carbocycles. The second kappa shape index (κ2) is 14.1. The van der Waals surface area contributed by atoms with Crippen LogP contribution in [0, 0.1) is 19.3 Å². The smallest absolute Gasteiger partial charge is 0.333 e. The molecule has 0 atom stereocenters. The van der Waals surface area contributed by atoms with E-state index in [4.69, 9.17) is 9.47 Å². The number of carbonyl (C=O) groups excluding carboxylic acids is 1. The second-order valence-electron chi connectivity index (χ2n) is 10.5. The molecule has 0 aliphatic rings. The van der Waals surface area contributed by atoms with Crippen molar-refractivity contribution >= 4 is 5.97 Å². The molecule has 0 aliphatic carbocycles. The largest absolute Gasteiger partial charge is 0.493 e. The molecule has 5 nitrogen and oxygen atoms in total. The fourth-order valence-corrected chi connectivity index (χ4v) is 4.77. The molecule has 0 amide bonds. The second-order valence-corrected chi connectivity index (χ2v) is 10.5. The molecular weight excluding hydrogens is 488 g/mol. The van der Waals surface area contributed by atoms with Gasteiger partial charge >= 0.3 is 5.97 Å². The molecule has 3 aromatic rings. The fraction of sp³-hybridized carbons (Fsp3) is 0.382. The van der Waals surface area contributed by atoms with Crippen LogP contribution in [0.4, 0.5) is 0 Å². The monoisotopic (exact) mass is 530 g/mol. The van der Waals surface area contributed by atoms with Crippen molar-refractivity contribution in [1.29, 1.82) is 0 Å². The third kappa shape index (κ3) is 8.04. The van der Waals surface area contributed by atoms with Crippen molar-refractivity contribution in [3.05, 3.63) is 89.5 Å². The van der Waals surface area contributed by atoms with E-state index in [1.54, 1.807) is 6.92 Å². The number of aryl methyl sites for hydroxylation is 2. The maximum absolute atomic E-state index is 11.9. The summed E-state index contributed by atoms with van der Waals surface area (Å²) in [5.41, 5.74) is 7.68. The van der Waals surface area contributed by atoms with Gasteiger partial charge in [0.1, 0.15) is 5.75 Å². The van der Waals surface area contributed by atoms with Gasteiger partial charge in [-0.25, -0.2) is 4.79 Å². The van der Waals surface area contributed by atoms with Gasteiger partial charge in [-0.05, 0) is 79.1 Å². The van der Waals surface area contributed by atoms with E-state index in [0.29, 0.717) is 30.8 Å². The van der Waals surface area contributed by atoms with Crippen LogP contribution >= 0.6 is 0 Å². The highest BCUT2D eigenvalue weighted by molar-refractivity contribution is 5.86. The van der Waals surface area contributed by atoms with Gasteiger partial charge in [-0.15, -0.1) is 0 Å². The SMILES string of the molecule is C=C(C)C(=O)OCCc1cc(-c2ccc(-c3ccc(C)cc3)cc2C)ccc1OCCC(CO)(CO)CCC. The number of rotatable bonds is 14. The lowest BCUT2D eigenvalue weighted by Crippen LogP contribution is -2.31. The lowest BCUT2D eigenvalue weighted by molar-refractivity contribution is -0.138. The molecule has 2 N–H and O–H groups in total. The minimum absolute atomic E-state index is 0.0821. The summed E-state index contributed by atoms with van der Waals surface area (Å²) in [5, 5.41) is 19.8. The van der Waals surface area contributed by atoms with Crippen molar-refractivity contribution in [1.82, 2.24) is 0 Å². The van der Waals surface area contributed by atoms with E-state index < -0.39 is 11.4 Å². The van der Waals surface area contributed by atoms with Crippen LogP contribution in [0.2, 0.25) is 0 Å². The molecule has 0 spiro atoms. The van der Waals surface area contributed by atoms with Crippen LogP contribution in [0.5, 0.6) is 5.75 Å². The maximum Gasteiger partial charge on any atom is 0.333 e. The van der Waals surface area contributed by atoms with Crippen LogP contribution < -0.4 is 4.74 Å².